The number of aromatic nitrogens is 3. The molecule has 0 aliphatic carbocycles. The molecule has 0 radical (unpaired) electrons. The van der Waals surface area contributed by atoms with Gasteiger partial charge in [-0.3, -0.25) is 4.98 Å². The van der Waals surface area contributed by atoms with E-state index in [1.54, 1.807) is 6.33 Å². The minimum absolute atomic E-state index is 0.133. The molecule has 1 aliphatic rings. The van der Waals surface area contributed by atoms with Crippen LogP contribution in [0.2, 0.25) is 0 Å². The van der Waals surface area contributed by atoms with Crippen LogP contribution in [0.5, 0.6) is 0 Å². The van der Waals surface area contributed by atoms with Gasteiger partial charge < -0.3 is 10.3 Å². The van der Waals surface area contributed by atoms with E-state index < -0.39 is 0 Å². The molecule has 0 saturated carbocycles. The molecule has 4 rings (SSSR count). The monoisotopic (exact) mass is 250 g/mol. The molecule has 0 spiro atoms. The van der Waals surface area contributed by atoms with Gasteiger partial charge in [-0.1, -0.05) is 24.3 Å². The number of para-hydroxylation sites is 1. The highest BCUT2D eigenvalue weighted by atomic mass is 15.0. The largest absolute Gasteiger partial charge is 0.348 e. The van der Waals surface area contributed by atoms with Gasteiger partial charge in [0.25, 0.3) is 0 Å². The van der Waals surface area contributed by atoms with Crippen molar-refractivity contribution >= 4 is 10.9 Å². The lowest BCUT2D eigenvalue weighted by atomic mass is 9.96. The van der Waals surface area contributed by atoms with Crippen LogP contribution in [-0.2, 0) is 6.42 Å². The highest BCUT2D eigenvalue weighted by Crippen LogP contribution is 2.30. The molecule has 1 aliphatic heterocycles. The van der Waals surface area contributed by atoms with E-state index in [0.29, 0.717) is 0 Å². The van der Waals surface area contributed by atoms with Crippen LogP contribution < -0.4 is 5.32 Å². The van der Waals surface area contributed by atoms with E-state index in [2.05, 4.69) is 44.5 Å². The minimum Gasteiger partial charge on any atom is -0.348 e. The summed E-state index contributed by atoms with van der Waals surface area (Å²) in [5.41, 5.74) is 4.59. The van der Waals surface area contributed by atoms with E-state index in [9.17, 15) is 0 Å². The molecule has 1 atom stereocenters. The standard InChI is InChI=1S/C15H14N4/c1-3-10-4-2-7-16-13(10)11(5-1)14-15-12(6-8-17-14)18-9-19-15/h1-5,7,9,14,17H,6,8H2,(H,18,19)/t14-/m1/s1. The Labute approximate surface area is 110 Å². The fourth-order valence-electron chi connectivity index (χ4n) is 2.84. The fraction of sp³-hybridized carbons (Fsp3) is 0.200. The van der Waals surface area contributed by atoms with Crippen LogP contribution in [0.1, 0.15) is 23.0 Å². The Morgan fingerprint density at radius 3 is 3.05 bits per heavy atom. The van der Waals surface area contributed by atoms with E-state index in [-0.39, 0.29) is 6.04 Å². The first-order valence-electron chi connectivity index (χ1n) is 6.52. The van der Waals surface area contributed by atoms with E-state index >= 15 is 0 Å². The van der Waals surface area contributed by atoms with Gasteiger partial charge in [-0.15, -0.1) is 0 Å². The summed E-state index contributed by atoms with van der Waals surface area (Å²) in [6.45, 7) is 0.961. The molecule has 0 bridgehead atoms. The van der Waals surface area contributed by atoms with Crippen LogP contribution in [0.4, 0.5) is 0 Å². The van der Waals surface area contributed by atoms with Crippen LogP contribution >= 0.6 is 0 Å². The Morgan fingerprint density at radius 2 is 2.05 bits per heavy atom. The maximum Gasteiger partial charge on any atom is 0.0926 e. The minimum atomic E-state index is 0.133. The van der Waals surface area contributed by atoms with Crippen molar-refractivity contribution in [3.8, 4) is 0 Å². The van der Waals surface area contributed by atoms with Crippen molar-refractivity contribution < 1.29 is 0 Å². The third-order valence-corrected chi connectivity index (χ3v) is 3.72. The molecule has 94 valence electrons. The first-order valence-corrected chi connectivity index (χ1v) is 6.52. The Kier molecular flexibility index (Phi) is 2.35. The summed E-state index contributed by atoms with van der Waals surface area (Å²) in [5, 5.41) is 4.72. The quantitative estimate of drug-likeness (QED) is 0.696. The second-order valence-corrected chi connectivity index (χ2v) is 4.83. The predicted octanol–water partition coefficient (Wildman–Crippen LogP) is 2.19. The Morgan fingerprint density at radius 1 is 1.11 bits per heavy atom. The number of benzene rings is 1. The molecule has 0 saturated heterocycles. The van der Waals surface area contributed by atoms with Crippen molar-refractivity contribution in [1.29, 1.82) is 0 Å². The molecular weight excluding hydrogens is 236 g/mol. The summed E-state index contributed by atoms with van der Waals surface area (Å²) in [6, 6.07) is 10.5. The van der Waals surface area contributed by atoms with Gasteiger partial charge in [0, 0.05) is 35.8 Å². The van der Waals surface area contributed by atoms with Gasteiger partial charge in [0.2, 0.25) is 0 Å². The second kappa shape index (κ2) is 4.17. The maximum absolute atomic E-state index is 4.54. The van der Waals surface area contributed by atoms with Crippen molar-refractivity contribution in [2.24, 2.45) is 0 Å². The number of nitrogens with zero attached hydrogens (tertiary/aromatic N) is 2. The molecule has 0 fully saturated rings. The van der Waals surface area contributed by atoms with Gasteiger partial charge in [-0.05, 0) is 6.07 Å². The van der Waals surface area contributed by atoms with Crippen molar-refractivity contribution in [1.82, 2.24) is 20.3 Å². The van der Waals surface area contributed by atoms with Gasteiger partial charge in [-0.25, -0.2) is 4.98 Å². The summed E-state index contributed by atoms with van der Waals surface area (Å²) in [4.78, 5) is 12.2. The molecule has 4 nitrogen and oxygen atoms in total. The Balaban J connectivity index is 1.93. The fourth-order valence-corrected chi connectivity index (χ4v) is 2.84. The third-order valence-electron chi connectivity index (χ3n) is 3.72. The van der Waals surface area contributed by atoms with Crippen LogP contribution in [-0.4, -0.2) is 21.5 Å². The van der Waals surface area contributed by atoms with E-state index in [0.717, 1.165) is 24.2 Å². The predicted molar refractivity (Wildman–Crippen MR) is 73.9 cm³/mol. The van der Waals surface area contributed by atoms with Crippen molar-refractivity contribution in [3.63, 3.8) is 0 Å². The SMILES string of the molecule is c1cnc2c([C@H]3NCCc4[nH]cnc43)cccc2c1. The topological polar surface area (TPSA) is 53.6 Å². The van der Waals surface area contributed by atoms with Crippen LogP contribution in [0.3, 0.4) is 0 Å². The molecular formula is C15H14N4. The van der Waals surface area contributed by atoms with E-state index in [1.165, 1.54) is 16.6 Å². The Hall–Kier alpha value is -2.20. The van der Waals surface area contributed by atoms with E-state index in [1.807, 2.05) is 12.3 Å². The van der Waals surface area contributed by atoms with Gasteiger partial charge >= 0.3 is 0 Å². The third kappa shape index (κ3) is 1.64. The molecule has 3 aromatic rings. The number of hydrogen-bond acceptors (Lipinski definition) is 3. The van der Waals surface area contributed by atoms with Crippen molar-refractivity contribution in [2.45, 2.75) is 12.5 Å². The molecule has 0 amide bonds. The lowest BCUT2D eigenvalue weighted by Crippen LogP contribution is -2.30. The number of hydrogen-bond donors (Lipinski definition) is 2. The maximum atomic E-state index is 4.54. The lowest BCUT2D eigenvalue weighted by Gasteiger charge is -2.24. The zero-order chi connectivity index (χ0) is 12.7. The number of aromatic amines is 1. The van der Waals surface area contributed by atoms with Crippen LogP contribution in [0, 0.1) is 0 Å². The number of rotatable bonds is 1. The summed E-state index contributed by atoms with van der Waals surface area (Å²) >= 11 is 0. The summed E-state index contributed by atoms with van der Waals surface area (Å²) in [7, 11) is 0. The number of nitrogens with one attached hydrogen (secondary N) is 2. The normalized spacial score (nSPS) is 18.4. The van der Waals surface area contributed by atoms with Gasteiger partial charge in [-0.2, -0.15) is 0 Å². The smallest absolute Gasteiger partial charge is 0.0926 e. The average Bonchev–Trinajstić information content (AvgIpc) is 2.95. The summed E-state index contributed by atoms with van der Waals surface area (Å²) in [6.07, 6.45) is 4.63. The highest BCUT2D eigenvalue weighted by Gasteiger charge is 2.25. The molecule has 3 heterocycles. The van der Waals surface area contributed by atoms with Crippen molar-refractivity contribution in [3.05, 3.63) is 59.8 Å². The average molecular weight is 250 g/mol. The second-order valence-electron chi connectivity index (χ2n) is 4.83. The van der Waals surface area contributed by atoms with Gasteiger partial charge in [0.1, 0.15) is 0 Å². The molecule has 2 aromatic heterocycles. The van der Waals surface area contributed by atoms with E-state index in [4.69, 9.17) is 0 Å². The molecule has 2 N–H and O–H groups in total. The van der Waals surface area contributed by atoms with Crippen LogP contribution in [0.15, 0.2) is 42.9 Å². The molecule has 4 heteroatoms. The zero-order valence-electron chi connectivity index (χ0n) is 10.4. The molecule has 1 aromatic carbocycles. The first-order chi connectivity index (χ1) is 9.43. The van der Waals surface area contributed by atoms with Gasteiger partial charge in [0.15, 0.2) is 0 Å². The molecule has 19 heavy (non-hydrogen) atoms. The summed E-state index contributed by atoms with van der Waals surface area (Å²) < 4.78 is 0. The number of fused-ring (bicyclic) bond motifs is 2. The number of H-pyrrole nitrogens is 1. The van der Waals surface area contributed by atoms with Crippen molar-refractivity contribution in [2.75, 3.05) is 6.54 Å². The first kappa shape index (κ1) is 10.7. The zero-order valence-corrected chi connectivity index (χ0v) is 10.4. The van der Waals surface area contributed by atoms with Crippen LogP contribution in [0.25, 0.3) is 10.9 Å². The highest BCUT2D eigenvalue weighted by molar-refractivity contribution is 5.82. The summed E-state index contributed by atoms with van der Waals surface area (Å²) in [5.74, 6) is 0. The number of pyridine rings is 1. The number of imidazole rings is 1. The lowest BCUT2D eigenvalue weighted by molar-refractivity contribution is 0.555. The molecule has 0 unspecified atom stereocenters. The Bertz CT molecular complexity index is 726. The van der Waals surface area contributed by atoms with Gasteiger partial charge in [0.05, 0.1) is 23.6 Å².